The van der Waals surface area contributed by atoms with Gasteiger partial charge in [0.1, 0.15) is 32.0 Å². The molecule has 1 aromatic carbocycles. The van der Waals surface area contributed by atoms with Crippen molar-refractivity contribution in [1.29, 1.82) is 0 Å². The Bertz CT molecular complexity index is 498. The molecule has 3 N–H and O–H groups in total. The number of likely N-dealkylation sites (N-methyl/N-ethyl adjacent to an activating group) is 1. The number of halogens is 1. The van der Waals surface area contributed by atoms with Crippen molar-refractivity contribution >= 4 is 12.1 Å². The van der Waals surface area contributed by atoms with Crippen LogP contribution in [0, 0.1) is 5.82 Å². The van der Waals surface area contributed by atoms with E-state index in [2.05, 4.69) is 17.5 Å². The van der Waals surface area contributed by atoms with Crippen LogP contribution in [0.25, 0.3) is 0 Å². The first-order valence-corrected chi connectivity index (χ1v) is 7.42. The molecule has 1 saturated heterocycles. The van der Waals surface area contributed by atoms with Crippen molar-refractivity contribution in [1.82, 2.24) is 5.43 Å². The van der Waals surface area contributed by atoms with Crippen LogP contribution in [-0.2, 0) is 4.79 Å². The molecule has 1 aliphatic heterocycles. The molecule has 0 radical (unpaired) electrons. The zero-order valence-electron chi connectivity index (χ0n) is 12.4. The summed E-state index contributed by atoms with van der Waals surface area (Å²) in [5.74, 6) is -0.475. The van der Waals surface area contributed by atoms with E-state index < -0.39 is 0 Å². The Morgan fingerprint density at radius 1 is 1.29 bits per heavy atom. The minimum absolute atomic E-state index is 0.127. The quantitative estimate of drug-likeness (QED) is 0.430. The van der Waals surface area contributed by atoms with Gasteiger partial charge < -0.3 is 9.80 Å². The Kier molecular flexibility index (Phi) is 5.83. The maximum atomic E-state index is 13.3. The predicted octanol–water partition coefficient (Wildman–Crippen LogP) is -1.92. The number of nitrogens with one attached hydrogen (secondary N) is 3. The minimum atomic E-state index is -0.347. The Labute approximate surface area is 124 Å². The van der Waals surface area contributed by atoms with Crippen molar-refractivity contribution in [3.8, 4) is 0 Å². The lowest BCUT2D eigenvalue weighted by atomic mass is 10.2. The number of piperazine rings is 1. The van der Waals surface area contributed by atoms with Crippen LogP contribution in [0.15, 0.2) is 29.4 Å². The van der Waals surface area contributed by atoms with Crippen LogP contribution in [0.4, 0.5) is 4.39 Å². The second kappa shape index (κ2) is 7.85. The van der Waals surface area contributed by atoms with Gasteiger partial charge in [-0.2, -0.15) is 5.10 Å². The topological polar surface area (TPSA) is 50.3 Å². The molecule has 1 aromatic rings. The van der Waals surface area contributed by atoms with Gasteiger partial charge in [-0.05, 0) is 13.0 Å². The molecule has 2 rings (SSSR count). The van der Waals surface area contributed by atoms with Crippen LogP contribution < -0.4 is 15.2 Å². The first kappa shape index (κ1) is 15.6. The molecule has 0 unspecified atom stereocenters. The van der Waals surface area contributed by atoms with Gasteiger partial charge in [0.15, 0.2) is 6.54 Å². The Balaban J connectivity index is 1.74. The highest BCUT2D eigenvalue weighted by Gasteiger charge is 2.23. The van der Waals surface area contributed by atoms with Crippen molar-refractivity contribution < 1.29 is 19.0 Å². The van der Waals surface area contributed by atoms with Gasteiger partial charge in [0.25, 0.3) is 5.91 Å². The lowest BCUT2D eigenvalue weighted by molar-refractivity contribution is -1.01. The van der Waals surface area contributed by atoms with Crippen molar-refractivity contribution in [2.75, 3.05) is 39.3 Å². The smallest absolute Gasteiger partial charge is 0.295 e. The second-order valence-electron chi connectivity index (χ2n) is 5.35. The number of carbonyl (C=O) groups excluding carboxylic acids is 1. The Morgan fingerprint density at radius 3 is 2.62 bits per heavy atom. The number of amides is 1. The van der Waals surface area contributed by atoms with E-state index >= 15 is 0 Å². The number of rotatable bonds is 5. The molecular weight excluding hydrogens is 271 g/mol. The fraction of sp³-hybridized carbons (Fsp3) is 0.467. The van der Waals surface area contributed by atoms with E-state index in [0.717, 1.165) is 32.7 Å². The number of hydrazone groups is 1. The fourth-order valence-corrected chi connectivity index (χ4v) is 2.51. The summed E-state index contributed by atoms with van der Waals surface area (Å²) in [6.07, 6.45) is 1.34. The molecule has 0 saturated carbocycles. The third-order valence-corrected chi connectivity index (χ3v) is 3.87. The summed E-state index contributed by atoms with van der Waals surface area (Å²) >= 11 is 0. The maximum Gasteiger partial charge on any atom is 0.295 e. The number of benzene rings is 1. The molecule has 0 aromatic heterocycles. The average Bonchev–Trinajstić information content (AvgIpc) is 2.50. The summed E-state index contributed by atoms with van der Waals surface area (Å²) in [4.78, 5) is 14.7. The molecule has 6 heteroatoms. The molecule has 114 valence electrons. The van der Waals surface area contributed by atoms with E-state index in [1.807, 2.05) is 0 Å². The molecule has 5 nitrogen and oxygen atoms in total. The van der Waals surface area contributed by atoms with Crippen molar-refractivity contribution in [3.05, 3.63) is 35.6 Å². The van der Waals surface area contributed by atoms with E-state index in [4.69, 9.17) is 0 Å². The lowest BCUT2D eigenvalue weighted by Gasteiger charge is -2.28. The largest absolute Gasteiger partial charge is 0.326 e. The van der Waals surface area contributed by atoms with Gasteiger partial charge in [-0.3, -0.25) is 4.79 Å². The minimum Gasteiger partial charge on any atom is -0.326 e. The number of nitrogens with zero attached hydrogens (tertiary/aromatic N) is 1. The maximum absolute atomic E-state index is 13.3. The third kappa shape index (κ3) is 4.91. The van der Waals surface area contributed by atoms with E-state index in [1.54, 1.807) is 23.1 Å². The van der Waals surface area contributed by atoms with Gasteiger partial charge in [-0.15, -0.1) is 0 Å². The Morgan fingerprint density at radius 2 is 1.95 bits per heavy atom. The highest BCUT2D eigenvalue weighted by molar-refractivity contribution is 5.82. The zero-order valence-corrected chi connectivity index (χ0v) is 12.4. The summed E-state index contributed by atoms with van der Waals surface area (Å²) in [5.41, 5.74) is 2.83. The van der Waals surface area contributed by atoms with E-state index in [1.165, 1.54) is 17.2 Å². The summed E-state index contributed by atoms with van der Waals surface area (Å²) in [6.45, 7) is 7.99. The predicted molar refractivity (Wildman–Crippen MR) is 78.9 cm³/mol. The first-order chi connectivity index (χ1) is 10.2. The van der Waals surface area contributed by atoms with Crippen LogP contribution in [0.3, 0.4) is 0 Å². The molecule has 0 bridgehead atoms. The van der Waals surface area contributed by atoms with Crippen molar-refractivity contribution in [3.63, 3.8) is 0 Å². The molecule has 0 aliphatic carbocycles. The summed E-state index contributed by atoms with van der Waals surface area (Å²) in [6, 6.07) is 6.32. The van der Waals surface area contributed by atoms with Gasteiger partial charge in [-0.1, -0.05) is 18.2 Å². The average molecular weight is 294 g/mol. The molecule has 1 aliphatic rings. The summed E-state index contributed by atoms with van der Waals surface area (Å²) in [7, 11) is 0. The standard InChI is InChI=1S/C15H21FN4O/c1-2-19-7-9-20(10-8-19)12-15(21)18-17-11-13-5-3-4-6-14(13)16/h3-6,11H,2,7-10,12H2,1H3,(H,18,21)/p+2/b17-11-. The Hall–Kier alpha value is -1.79. The molecule has 1 amide bonds. The van der Waals surface area contributed by atoms with Gasteiger partial charge in [0.05, 0.1) is 12.8 Å². The number of quaternary nitrogens is 2. The molecule has 0 atom stereocenters. The molecule has 0 spiro atoms. The first-order valence-electron chi connectivity index (χ1n) is 7.42. The monoisotopic (exact) mass is 294 g/mol. The van der Waals surface area contributed by atoms with Crippen LogP contribution in [0.2, 0.25) is 0 Å². The van der Waals surface area contributed by atoms with Gasteiger partial charge >= 0.3 is 0 Å². The highest BCUT2D eigenvalue weighted by Crippen LogP contribution is 2.02. The molecular formula is C15H23FN4O+2. The van der Waals surface area contributed by atoms with Crippen LogP contribution >= 0.6 is 0 Å². The van der Waals surface area contributed by atoms with Gasteiger partial charge in [0.2, 0.25) is 0 Å². The van der Waals surface area contributed by atoms with E-state index in [0.29, 0.717) is 12.1 Å². The SMILES string of the molecule is CC[NH+]1CC[NH+](CC(=O)N/N=C\c2ccccc2F)CC1. The summed E-state index contributed by atoms with van der Waals surface area (Å²) in [5, 5.41) is 3.82. The van der Waals surface area contributed by atoms with E-state index in [9.17, 15) is 9.18 Å². The second-order valence-corrected chi connectivity index (χ2v) is 5.35. The fourth-order valence-electron chi connectivity index (χ4n) is 2.51. The van der Waals surface area contributed by atoms with E-state index in [-0.39, 0.29) is 11.7 Å². The number of carbonyl (C=O) groups is 1. The number of hydrogen-bond donors (Lipinski definition) is 3. The molecule has 1 heterocycles. The van der Waals surface area contributed by atoms with Crippen LogP contribution in [0.5, 0.6) is 0 Å². The van der Waals surface area contributed by atoms with Crippen molar-refractivity contribution in [2.45, 2.75) is 6.92 Å². The molecule has 1 fully saturated rings. The van der Waals surface area contributed by atoms with Crippen molar-refractivity contribution in [2.24, 2.45) is 5.10 Å². The lowest BCUT2D eigenvalue weighted by Crippen LogP contribution is -3.28. The van der Waals surface area contributed by atoms with Gasteiger partial charge in [0, 0.05) is 5.56 Å². The normalized spacial score (nSPS) is 22.4. The highest BCUT2D eigenvalue weighted by atomic mass is 19.1. The van der Waals surface area contributed by atoms with Gasteiger partial charge in [-0.25, -0.2) is 9.82 Å². The third-order valence-electron chi connectivity index (χ3n) is 3.87. The molecule has 21 heavy (non-hydrogen) atoms. The van der Waals surface area contributed by atoms with Crippen LogP contribution in [-0.4, -0.2) is 51.4 Å². The van der Waals surface area contributed by atoms with Crippen LogP contribution in [0.1, 0.15) is 12.5 Å². The zero-order chi connectivity index (χ0) is 15.1. The number of hydrogen-bond acceptors (Lipinski definition) is 2. The summed E-state index contributed by atoms with van der Waals surface area (Å²) < 4.78 is 13.3.